The highest BCUT2D eigenvalue weighted by Crippen LogP contribution is 2.39. The summed E-state index contributed by atoms with van der Waals surface area (Å²) in [7, 11) is 0. The van der Waals surface area contributed by atoms with Gasteiger partial charge in [-0.3, -0.25) is 0 Å². The van der Waals surface area contributed by atoms with E-state index in [2.05, 4.69) is 20.6 Å². The third-order valence-corrected chi connectivity index (χ3v) is 7.38. The number of ether oxygens (including phenoxy) is 2. The van der Waals surface area contributed by atoms with Crippen molar-refractivity contribution in [3.8, 4) is 22.9 Å². The molecule has 1 aliphatic rings. The van der Waals surface area contributed by atoms with Gasteiger partial charge >= 0.3 is 12.3 Å². The number of hydrogen-bond acceptors (Lipinski definition) is 9. The Morgan fingerprint density at radius 2 is 1.87 bits per heavy atom. The molecule has 46 heavy (non-hydrogen) atoms. The highest BCUT2D eigenvalue weighted by atomic mass is 19.4. The number of carbonyl (C=O) groups is 1. The molecule has 0 saturated carbocycles. The molecule has 0 unspecified atom stereocenters. The lowest BCUT2D eigenvalue weighted by Crippen LogP contribution is -2.47. The van der Waals surface area contributed by atoms with Gasteiger partial charge in [0.25, 0.3) is 0 Å². The third kappa shape index (κ3) is 7.94. The minimum Gasteiger partial charge on any atom is -0.444 e. The van der Waals surface area contributed by atoms with Gasteiger partial charge in [-0.2, -0.15) is 13.2 Å². The van der Waals surface area contributed by atoms with Crippen LogP contribution >= 0.6 is 0 Å². The van der Waals surface area contributed by atoms with Crippen molar-refractivity contribution in [3.63, 3.8) is 0 Å². The summed E-state index contributed by atoms with van der Waals surface area (Å²) in [6.07, 6.45) is -2.72. The normalized spacial score (nSPS) is 16.2. The lowest BCUT2D eigenvalue weighted by Gasteiger charge is -2.34. The molecule has 3 N–H and O–H groups in total. The summed E-state index contributed by atoms with van der Waals surface area (Å²) in [6, 6.07) is 14.0. The summed E-state index contributed by atoms with van der Waals surface area (Å²) in [5.41, 5.74) is 1.79. The molecule has 0 spiro atoms. The number of aryl methyl sites for hydroxylation is 1. The monoisotopic (exact) mass is 638 g/mol. The molecular formula is C33H37F3N6O4. The molecular weight excluding hydrogens is 601 g/mol. The Labute approximate surface area is 265 Å². The third-order valence-electron chi connectivity index (χ3n) is 7.38. The van der Waals surface area contributed by atoms with Crippen LogP contribution in [0.15, 0.2) is 60.9 Å². The molecule has 0 bridgehead atoms. The Kier molecular flexibility index (Phi) is 9.52. The van der Waals surface area contributed by atoms with Crippen molar-refractivity contribution >= 4 is 28.5 Å². The van der Waals surface area contributed by atoms with Crippen molar-refractivity contribution in [2.24, 2.45) is 0 Å². The number of rotatable bonds is 8. The van der Waals surface area contributed by atoms with Gasteiger partial charge in [-0.15, -0.1) is 0 Å². The zero-order valence-corrected chi connectivity index (χ0v) is 26.1. The average Bonchev–Trinajstić information content (AvgIpc) is 3.00. The molecule has 4 aromatic rings. The number of aliphatic hydroxyl groups is 1. The molecule has 0 aliphatic carbocycles. The first-order chi connectivity index (χ1) is 21.8. The van der Waals surface area contributed by atoms with Gasteiger partial charge in [0.1, 0.15) is 11.4 Å². The van der Waals surface area contributed by atoms with Crippen LogP contribution in [0.2, 0.25) is 0 Å². The molecule has 244 valence electrons. The van der Waals surface area contributed by atoms with E-state index in [0.29, 0.717) is 52.5 Å². The molecule has 5 rings (SSSR count). The Bertz CT molecular complexity index is 1690. The van der Waals surface area contributed by atoms with Crippen LogP contribution in [0.3, 0.4) is 0 Å². The van der Waals surface area contributed by atoms with Crippen LogP contribution in [0, 0.1) is 6.92 Å². The van der Waals surface area contributed by atoms with Crippen LogP contribution in [0.25, 0.3) is 22.0 Å². The molecule has 0 radical (unpaired) electrons. The van der Waals surface area contributed by atoms with Gasteiger partial charge in [0, 0.05) is 54.5 Å². The van der Waals surface area contributed by atoms with E-state index in [-0.39, 0.29) is 18.0 Å². The van der Waals surface area contributed by atoms with Gasteiger partial charge in [0.05, 0.1) is 11.3 Å². The van der Waals surface area contributed by atoms with E-state index in [1.54, 1.807) is 47.6 Å². The second-order valence-electron chi connectivity index (χ2n) is 12.2. The van der Waals surface area contributed by atoms with Gasteiger partial charge in [-0.05, 0) is 70.4 Å². The number of amides is 1. The molecule has 13 heteroatoms. The first kappa shape index (κ1) is 32.7. The number of alkyl halides is 3. The van der Waals surface area contributed by atoms with E-state index in [9.17, 15) is 23.1 Å². The van der Waals surface area contributed by atoms with Crippen LogP contribution < -0.4 is 15.4 Å². The molecule has 1 amide bonds. The second-order valence-corrected chi connectivity index (χ2v) is 12.2. The topological polar surface area (TPSA) is 122 Å². The van der Waals surface area contributed by atoms with Crippen LogP contribution in [-0.4, -0.2) is 74.6 Å². The predicted octanol–water partition coefficient (Wildman–Crippen LogP) is 6.94. The molecule has 1 fully saturated rings. The number of piperidine rings is 1. The molecule has 2 aromatic heterocycles. The van der Waals surface area contributed by atoms with Crippen molar-refractivity contribution in [1.29, 1.82) is 0 Å². The van der Waals surface area contributed by atoms with Gasteiger partial charge in [-0.1, -0.05) is 24.3 Å². The summed E-state index contributed by atoms with van der Waals surface area (Å²) in [5.74, 6) is 1.15. The van der Waals surface area contributed by atoms with Crippen molar-refractivity contribution in [2.75, 3.05) is 30.3 Å². The van der Waals surface area contributed by atoms with Crippen molar-refractivity contribution in [2.45, 2.75) is 64.5 Å². The lowest BCUT2D eigenvalue weighted by atomic mass is 10.0. The second kappa shape index (κ2) is 13.4. The van der Waals surface area contributed by atoms with E-state index in [4.69, 9.17) is 14.5 Å². The maximum absolute atomic E-state index is 12.9. The Hall–Kier alpha value is -4.65. The zero-order valence-electron chi connectivity index (χ0n) is 26.1. The average molecular weight is 639 g/mol. The molecule has 2 atom stereocenters. The fraction of sp³-hybridized carbons (Fsp3) is 0.394. The minimum atomic E-state index is -4.73. The number of anilines is 2. The van der Waals surface area contributed by atoms with Crippen LogP contribution in [0.5, 0.6) is 11.6 Å². The zero-order chi connectivity index (χ0) is 33.1. The number of pyridine rings is 1. The number of aromatic nitrogens is 3. The van der Waals surface area contributed by atoms with Gasteiger partial charge in [0.15, 0.2) is 6.10 Å². The minimum absolute atomic E-state index is 0.0699. The molecule has 1 saturated heterocycles. The number of nitrogens with zero attached hydrogens (tertiary/aromatic N) is 4. The smallest absolute Gasteiger partial charge is 0.416 e. The number of nitrogens with one attached hydrogen (secondary N) is 2. The van der Waals surface area contributed by atoms with E-state index in [1.807, 2.05) is 45.9 Å². The maximum atomic E-state index is 12.9. The summed E-state index contributed by atoms with van der Waals surface area (Å²) in [5, 5.41) is 16.8. The number of benzene rings is 2. The molecule has 3 heterocycles. The number of likely N-dealkylation sites (tertiary alicyclic amines) is 1. The summed E-state index contributed by atoms with van der Waals surface area (Å²) >= 11 is 0. The van der Waals surface area contributed by atoms with Gasteiger partial charge in [0.2, 0.25) is 11.8 Å². The summed E-state index contributed by atoms with van der Waals surface area (Å²) < 4.78 is 50.6. The maximum Gasteiger partial charge on any atom is 0.416 e. The fourth-order valence-corrected chi connectivity index (χ4v) is 5.16. The van der Waals surface area contributed by atoms with Crippen molar-refractivity contribution in [1.82, 2.24) is 19.9 Å². The van der Waals surface area contributed by atoms with E-state index >= 15 is 0 Å². The first-order valence-electron chi connectivity index (χ1n) is 15.0. The number of fused-ring (bicyclic) bond motifs is 1. The van der Waals surface area contributed by atoms with Gasteiger partial charge in [-0.25, -0.2) is 19.7 Å². The largest absolute Gasteiger partial charge is 0.444 e. The van der Waals surface area contributed by atoms with Crippen LogP contribution in [0.4, 0.5) is 29.6 Å². The highest BCUT2D eigenvalue weighted by molar-refractivity contribution is 5.98. The van der Waals surface area contributed by atoms with Crippen LogP contribution in [0.1, 0.15) is 39.2 Å². The SMILES string of the molecule is Cc1ccc2c(NC[C@@H](O)C(F)(F)F)cccc2c1Oc1ncccc1-c1ccnc(N[C@H]2CCCN(C(=O)OC(C)(C)C)C2)n1. The molecule has 1 aliphatic heterocycles. The number of aliphatic hydroxyl groups excluding tert-OH is 1. The Morgan fingerprint density at radius 3 is 2.63 bits per heavy atom. The standard InChI is InChI=1S/C33H37F3N6O4/c1-20-12-13-22-23(9-5-11-25(22)39-18-27(43)33(34,35)36)28(20)45-29-24(10-6-15-37-29)26-14-16-38-30(41-26)40-21-8-7-17-42(19-21)31(44)46-32(2,3)4/h5-6,9-16,21,27,39,43H,7-8,17-19H2,1-4H3,(H,38,40,41)/t21-,27+/m0/s1. The quantitative estimate of drug-likeness (QED) is 0.188. The van der Waals surface area contributed by atoms with Crippen molar-refractivity contribution in [3.05, 3.63) is 66.5 Å². The number of carbonyl (C=O) groups excluding carboxylic acids is 1. The summed E-state index contributed by atoms with van der Waals surface area (Å²) in [4.78, 5) is 27.9. The predicted molar refractivity (Wildman–Crippen MR) is 169 cm³/mol. The number of hydrogen-bond donors (Lipinski definition) is 3. The van der Waals surface area contributed by atoms with Crippen LogP contribution in [-0.2, 0) is 4.74 Å². The fourth-order valence-electron chi connectivity index (χ4n) is 5.16. The summed E-state index contributed by atoms with van der Waals surface area (Å²) in [6.45, 7) is 7.76. The lowest BCUT2D eigenvalue weighted by molar-refractivity contribution is -0.198. The first-order valence-corrected chi connectivity index (χ1v) is 15.0. The van der Waals surface area contributed by atoms with E-state index in [1.165, 1.54) is 0 Å². The highest BCUT2D eigenvalue weighted by Gasteiger charge is 2.38. The van der Waals surface area contributed by atoms with E-state index < -0.39 is 24.4 Å². The Morgan fingerprint density at radius 1 is 1.07 bits per heavy atom. The molecule has 2 aromatic carbocycles. The Balaban J connectivity index is 1.37. The van der Waals surface area contributed by atoms with Gasteiger partial charge < -0.3 is 30.1 Å². The van der Waals surface area contributed by atoms with E-state index in [0.717, 1.165) is 18.4 Å². The number of halogens is 3. The van der Waals surface area contributed by atoms with Crippen molar-refractivity contribution < 1.29 is 32.5 Å². The molecule has 10 nitrogen and oxygen atoms in total.